The number of carboxylic acids is 1. The Labute approximate surface area is 162 Å². The lowest BCUT2D eigenvalue weighted by Gasteiger charge is -2.12. The first-order valence-electron chi connectivity index (χ1n) is 9.11. The van der Waals surface area contributed by atoms with Gasteiger partial charge in [0.25, 0.3) is 11.8 Å². The van der Waals surface area contributed by atoms with E-state index in [4.69, 9.17) is 9.84 Å². The van der Waals surface area contributed by atoms with E-state index in [0.717, 1.165) is 26.2 Å². The van der Waals surface area contributed by atoms with Gasteiger partial charge in [-0.2, -0.15) is 0 Å². The Morgan fingerprint density at radius 2 is 1.29 bits per heavy atom. The molecule has 1 aromatic heterocycles. The highest BCUT2D eigenvalue weighted by Crippen LogP contribution is 2.15. The van der Waals surface area contributed by atoms with Gasteiger partial charge < -0.3 is 36.4 Å². The fraction of sp³-hybridized carbons (Fsp3) is 0.529. The molecule has 0 radical (unpaired) electrons. The van der Waals surface area contributed by atoms with Crippen molar-refractivity contribution in [3.63, 3.8) is 0 Å². The number of hydrogen-bond donors (Lipinski definition) is 6. The van der Waals surface area contributed by atoms with Crippen LogP contribution in [0.5, 0.6) is 5.75 Å². The van der Waals surface area contributed by atoms with E-state index in [1.807, 2.05) is 0 Å². The zero-order chi connectivity index (χ0) is 20.2. The fourth-order valence-electron chi connectivity index (χ4n) is 2.41. The average molecular weight is 394 g/mol. The van der Waals surface area contributed by atoms with Crippen molar-refractivity contribution in [3.8, 4) is 5.75 Å². The van der Waals surface area contributed by atoms with E-state index in [-0.39, 0.29) is 17.1 Å². The van der Waals surface area contributed by atoms with Crippen LogP contribution in [-0.4, -0.2) is 86.8 Å². The van der Waals surface area contributed by atoms with Crippen LogP contribution in [-0.2, 0) is 4.79 Å². The minimum atomic E-state index is -1.16. The third-order valence-corrected chi connectivity index (χ3v) is 3.76. The lowest BCUT2D eigenvalue weighted by Crippen LogP contribution is -2.38. The lowest BCUT2D eigenvalue weighted by atomic mass is 10.2. The van der Waals surface area contributed by atoms with E-state index in [1.54, 1.807) is 0 Å². The molecule has 0 unspecified atom stereocenters. The smallest absolute Gasteiger partial charge is 0.341 e. The number of carboxylic acid groups (broad SMARTS) is 1. The molecule has 154 valence electrons. The molecule has 2 amide bonds. The quantitative estimate of drug-likeness (QED) is 0.335. The molecule has 0 spiro atoms. The highest BCUT2D eigenvalue weighted by molar-refractivity contribution is 5.97. The summed E-state index contributed by atoms with van der Waals surface area (Å²) in [6.45, 7) is 4.48. The summed E-state index contributed by atoms with van der Waals surface area (Å²) in [5.74, 6) is -2.03. The molecule has 1 aromatic rings. The molecule has 0 saturated carbocycles. The number of aromatic nitrogens is 1. The van der Waals surface area contributed by atoms with Gasteiger partial charge in [-0.05, 0) is 0 Å². The van der Waals surface area contributed by atoms with Crippen LogP contribution in [0.3, 0.4) is 0 Å². The maximum atomic E-state index is 12.3. The number of fused-ring (bicyclic) bond motifs is 2. The van der Waals surface area contributed by atoms with Crippen molar-refractivity contribution < 1.29 is 24.2 Å². The van der Waals surface area contributed by atoms with Crippen LogP contribution >= 0.6 is 0 Å². The number of nitrogens with zero attached hydrogens (tertiary/aromatic N) is 1. The second-order valence-corrected chi connectivity index (χ2v) is 6.02. The highest BCUT2D eigenvalue weighted by Gasteiger charge is 2.16. The number of amides is 2. The first kappa shape index (κ1) is 21.5. The summed E-state index contributed by atoms with van der Waals surface area (Å²) in [4.78, 5) is 39.5. The van der Waals surface area contributed by atoms with Gasteiger partial charge in [-0.3, -0.25) is 9.59 Å². The maximum absolute atomic E-state index is 12.3. The van der Waals surface area contributed by atoms with Crippen molar-refractivity contribution in [1.82, 2.24) is 31.6 Å². The van der Waals surface area contributed by atoms with Crippen LogP contribution in [0.4, 0.5) is 0 Å². The zero-order valence-electron chi connectivity index (χ0n) is 15.5. The summed E-state index contributed by atoms with van der Waals surface area (Å²) >= 11 is 0. The zero-order valence-corrected chi connectivity index (χ0v) is 15.5. The number of rotatable bonds is 3. The first-order valence-corrected chi connectivity index (χ1v) is 9.11. The van der Waals surface area contributed by atoms with Crippen LogP contribution in [0.1, 0.15) is 21.0 Å². The second kappa shape index (κ2) is 11.8. The van der Waals surface area contributed by atoms with Crippen LogP contribution in [0.15, 0.2) is 12.1 Å². The summed E-state index contributed by atoms with van der Waals surface area (Å²) < 4.78 is 5.13. The van der Waals surface area contributed by atoms with E-state index in [2.05, 4.69) is 31.6 Å². The predicted molar refractivity (Wildman–Crippen MR) is 101 cm³/mol. The van der Waals surface area contributed by atoms with Crippen molar-refractivity contribution in [2.45, 2.75) is 0 Å². The second-order valence-electron chi connectivity index (χ2n) is 6.02. The Hall–Kier alpha value is -2.76. The molecule has 6 N–H and O–H groups in total. The minimum Gasteiger partial charge on any atom is -0.482 e. The Kier molecular flexibility index (Phi) is 9.11. The van der Waals surface area contributed by atoms with Gasteiger partial charge in [0.15, 0.2) is 6.61 Å². The largest absolute Gasteiger partial charge is 0.482 e. The molecular weight excluding hydrogens is 368 g/mol. The Morgan fingerprint density at radius 3 is 1.71 bits per heavy atom. The SMILES string of the molecule is O=C(O)COc1cc2nc(c1)C(=O)NCCNCCNCCNCCNC2=O. The Bertz CT molecular complexity index is 640. The molecular formula is C17H26N6O5. The van der Waals surface area contributed by atoms with Crippen molar-refractivity contribution in [2.24, 2.45) is 0 Å². The number of nitrogens with one attached hydrogen (secondary N) is 5. The number of ether oxygens (including phenoxy) is 1. The fourth-order valence-corrected chi connectivity index (χ4v) is 2.41. The number of aliphatic carboxylic acids is 1. The van der Waals surface area contributed by atoms with Crippen molar-refractivity contribution >= 4 is 17.8 Å². The predicted octanol–water partition coefficient (Wildman–Crippen LogP) is -2.21. The van der Waals surface area contributed by atoms with E-state index >= 15 is 0 Å². The Balaban J connectivity index is 2.13. The van der Waals surface area contributed by atoms with Crippen LogP contribution in [0.25, 0.3) is 0 Å². The summed E-state index contributed by atoms with van der Waals surface area (Å²) in [5.41, 5.74) is -0.0390. The van der Waals surface area contributed by atoms with E-state index in [9.17, 15) is 14.4 Å². The molecule has 2 heterocycles. The lowest BCUT2D eigenvalue weighted by molar-refractivity contribution is -0.139. The number of pyridine rings is 1. The van der Waals surface area contributed by atoms with Crippen LogP contribution in [0.2, 0.25) is 0 Å². The third-order valence-electron chi connectivity index (χ3n) is 3.76. The molecule has 0 aliphatic carbocycles. The molecule has 1 aliphatic heterocycles. The number of carbonyl (C=O) groups excluding carboxylic acids is 2. The molecule has 11 nitrogen and oxygen atoms in total. The van der Waals surface area contributed by atoms with Crippen molar-refractivity contribution in [2.75, 3.05) is 59.0 Å². The number of carbonyl (C=O) groups is 3. The molecule has 28 heavy (non-hydrogen) atoms. The molecule has 11 heteroatoms. The normalized spacial score (nSPS) is 17.6. The molecule has 2 rings (SSSR count). The van der Waals surface area contributed by atoms with Gasteiger partial charge >= 0.3 is 5.97 Å². The van der Waals surface area contributed by atoms with Crippen molar-refractivity contribution in [3.05, 3.63) is 23.5 Å². The summed E-state index contributed by atoms with van der Waals surface area (Å²) in [6, 6.07) is 2.62. The van der Waals surface area contributed by atoms with Crippen LogP contribution in [0, 0.1) is 0 Å². The monoisotopic (exact) mass is 394 g/mol. The van der Waals surface area contributed by atoms with Gasteiger partial charge in [0.1, 0.15) is 17.1 Å². The van der Waals surface area contributed by atoms with Gasteiger partial charge in [-0.25, -0.2) is 9.78 Å². The summed E-state index contributed by atoms with van der Waals surface area (Å²) in [5, 5.41) is 23.8. The van der Waals surface area contributed by atoms with E-state index in [0.29, 0.717) is 26.2 Å². The van der Waals surface area contributed by atoms with Gasteiger partial charge in [-0.1, -0.05) is 0 Å². The summed E-state index contributed by atoms with van der Waals surface area (Å²) in [6.07, 6.45) is 0. The molecule has 1 aliphatic rings. The molecule has 2 bridgehead atoms. The van der Waals surface area contributed by atoms with Crippen molar-refractivity contribution in [1.29, 1.82) is 0 Å². The van der Waals surface area contributed by atoms with E-state index in [1.165, 1.54) is 12.1 Å². The average Bonchev–Trinajstić information content (AvgIpc) is 2.68. The Morgan fingerprint density at radius 1 is 0.857 bits per heavy atom. The van der Waals surface area contributed by atoms with Crippen LogP contribution < -0.4 is 31.3 Å². The molecule has 0 aromatic carbocycles. The molecule has 0 saturated heterocycles. The summed E-state index contributed by atoms with van der Waals surface area (Å²) in [7, 11) is 0. The van der Waals surface area contributed by atoms with Gasteiger partial charge in [0, 0.05) is 64.5 Å². The first-order chi connectivity index (χ1) is 13.6. The van der Waals surface area contributed by atoms with E-state index < -0.39 is 24.4 Å². The third kappa shape index (κ3) is 7.86. The minimum absolute atomic E-state index is 0.0195. The highest BCUT2D eigenvalue weighted by atomic mass is 16.5. The number of hydrogen-bond acceptors (Lipinski definition) is 8. The van der Waals surface area contributed by atoms with Gasteiger partial charge in [0.05, 0.1) is 0 Å². The van der Waals surface area contributed by atoms with Gasteiger partial charge in [0.2, 0.25) is 0 Å². The standard InChI is InChI=1S/C17H26N6O5/c24-15(25)11-28-12-9-13-16(26)21-7-5-19-3-1-18-2-4-20-6-8-22-17(27)14(10-12)23-13/h9-10,18-20H,1-8,11H2,(H,21,26)(H,22,27)(H,24,25). The maximum Gasteiger partial charge on any atom is 0.341 e. The molecule has 0 fully saturated rings. The topological polar surface area (TPSA) is 154 Å². The van der Waals surface area contributed by atoms with Gasteiger partial charge in [-0.15, -0.1) is 0 Å². The molecule has 0 atom stereocenters.